The van der Waals surface area contributed by atoms with E-state index in [9.17, 15) is 4.79 Å². The SMILES string of the molecule is COc1ccc(N2CC(c3nc4ccccc4n3CCOc3cccc(OC)c3)CC2=O)cc1. The number of methoxy groups -OCH3 is 2. The average molecular weight is 458 g/mol. The first kappa shape index (κ1) is 21.8. The van der Waals surface area contributed by atoms with Crippen molar-refractivity contribution in [2.45, 2.75) is 18.9 Å². The number of hydrogen-bond donors (Lipinski definition) is 0. The predicted molar refractivity (Wildman–Crippen MR) is 131 cm³/mol. The highest BCUT2D eigenvalue weighted by molar-refractivity contribution is 5.96. The third-order valence-corrected chi connectivity index (χ3v) is 6.18. The predicted octanol–water partition coefficient (Wildman–Crippen LogP) is 4.65. The van der Waals surface area contributed by atoms with E-state index >= 15 is 0 Å². The molecular weight excluding hydrogens is 430 g/mol. The number of hydrogen-bond acceptors (Lipinski definition) is 5. The lowest BCUT2D eigenvalue weighted by atomic mass is 10.1. The van der Waals surface area contributed by atoms with Crippen LogP contribution < -0.4 is 19.1 Å². The molecule has 1 unspecified atom stereocenters. The number of amides is 1. The van der Waals surface area contributed by atoms with Crippen molar-refractivity contribution in [1.29, 1.82) is 0 Å². The molecule has 0 aliphatic carbocycles. The first-order valence-corrected chi connectivity index (χ1v) is 11.3. The third kappa shape index (κ3) is 4.29. The van der Waals surface area contributed by atoms with E-state index in [-0.39, 0.29) is 11.8 Å². The topological polar surface area (TPSA) is 65.8 Å². The molecule has 1 aliphatic heterocycles. The smallest absolute Gasteiger partial charge is 0.227 e. The summed E-state index contributed by atoms with van der Waals surface area (Å²) in [5.74, 6) is 3.30. The number of anilines is 1. The van der Waals surface area contributed by atoms with Crippen molar-refractivity contribution in [2.24, 2.45) is 0 Å². The molecule has 1 aromatic heterocycles. The van der Waals surface area contributed by atoms with Gasteiger partial charge in [0.2, 0.25) is 5.91 Å². The van der Waals surface area contributed by atoms with Crippen LogP contribution in [-0.4, -0.2) is 42.8 Å². The normalized spacial score (nSPS) is 15.6. The van der Waals surface area contributed by atoms with Gasteiger partial charge in [0, 0.05) is 30.6 Å². The van der Waals surface area contributed by atoms with E-state index in [1.54, 1.807) is 14.2 Å². The minimum atomic E-state index is -0.00109. The van der Waals surface area contributed by atoms with Crippen molar-refractivity contribution in [2.75, 3.05) is 32.3 Å². The van der Waals surface area contributed by atoms with Gasteiger partial charge in [0.05, 0.1) is 31.8 Å². The monoisotopic (exact) mass is 457 g/mol. The molecule has 174 valence electrons. The van der Waals surface area contributed by atoms with Crippen LogP contribution in [0.15, 0.2) is 72.8 Å². The minimum Gasteiger partial charge on any atom is -0.497 e. The van der Waals surface area contributed by atoms with Crippen LogP contribution in [0.25, 0.3) is 11.0 Å². The summed E-state index contributed by atoms with van der Waals surface area (Å²) in [5, 5.41) is 0. The second kappa shape index (κ2) is 9.47. The average Bonchev–Trinajstić information content (AvgIpc) is 3.45. The number of aromatic nitrogens is 2. The minimum absolute atomic E-state index is 0.00109. The van der Waals surface area contributed by atoms with Gasteiger partial charge in [-0.15, -0.1) is 0 Å². The van der Waals surface area contributed by atoms with E-state index in [0.29, 0.717) is 26.1 Å². The largest absolute Gasteiger partial charge is 0.497 e. The molecule has 0 bridgehead atoms. The highest BCUT2D eigenvalue weighted by Gasteiger charge is 2.34. The molecule has 0 radical (unpaired) electrons. The molecule has 7 nitrogen and oxygen atoms in total. The van der Waals surface area contributed by atoms with Gasteiger partial charge in [0.1, 0.15) is 29.7 Å². The number of carbonyl (C=O) groups excluding carboxylic acids is 1. The summed E-state index contributed by atoms with van der Waals surface area (Å²) in [6, 6.07) is 23.2. The number of benzene rings is 3. The van der Waals surface area contributed by atoms with E-state index in [1.807, 2.05) is 71.6 Å². The van der Waals surface area contributed by atoms with E-state index in [0.717, 1.165) is 39.8 Å². The number of carbonyl (C=O) groups is 1. The molecule has 1 saturated heterocycles. The number of ether oxygens (including phenoxy) is 3. The molecule has 0 N–H and O–H groups in total. The first-order valence-electron chi connectivity index (χ1n) is 11.3. The highest BCUT2D eigenvalue weighted by atomic mass is 16.5. The van der Waals surface area contributed by atoms with Crippen molar-refractivity contribution in [3.63, 3.8) is 0 Å². The quantitative estimate of drug-likeness (QED) is 0.385. The zero-order valence-corrected chi connectivity index (χ0v) is 19.3. The van der Waals surface area contributed by atoms with Crippen LogP contribution in [0, 0.1) is 0 Å². The molecule has 0 spiro atoms. The lowest BCUT2D eigenvalue weighted by Gasteiger charge is -2.18. The van der Waals surface area contributed by atoms with Crippen LogP contribution in [0.4, 0.5) is 5.69 Å². The Morgan fingerprint density at radius 2 is 1.68 bits per heavy atom. The first-order chi connectivity index (χ1) is 16.7. The Hall–Kier alpha value is -4.00. The molecule has 1 fully saturated rings. The molecule has 0 saturated carbocycles. The van der Waals surface area contributed by atoms with Gasteiger partial charge in [-0.05, 0) is 48.5 Å². The second-order valence-electron chi connectivity index (χ2n) is 8.24. The Bertz CT molecular complexity index is 1300. The Labute approximate surface area is 198 Å². The van der Waals surface area contributed by atoms with Crippen LogP contribution in [0.5, 0.6) is 17.2 Å². The van der Waals surface area contributed by atoms with Crippen LogP contribution in [0.2, 0.25) is 0 Å². The molecule has 1 atom stereocenters. The van der Waals surface area contributed by atoms with Crippen molar-refractivity contribution >= 4 is 22.6 Å². The number of imidazole rings is 1. The maximum Gasteiger partial charge on any atom is 0.227 e. The van der Waals surface area contributed by atoms with Crippen molar-refractivity contribution in [3.05, 3.63) is 78.6 Å². The van der Waals surface area contributed by atoms with Crippen LogP contribution in [0.3, 0.4) is 0 Å². The molecule has 34 heavy (non-hydrogen) atoms. The molecule has 7 heteroatoms. The Morgan fingerprint density at radius 1 is 0.912 bits per heavy atom. The van der Waals surface area contributed by atoms with Crippen LogP contribution in [-0.2, 0) is 11.3 Å². The van der Waals surface area contributed by atoms with E-state index < -0.39 is 0 Å². The van der Waals surface area contributed by atoms with Crippen LogP contribution >= 0.6 is 0 Å². The molecule has 1 amide bonds. The maximum atomic E-state index is 12.9. The van der Waals surface area contributed by atoms with Gasteiger partial charge in [-0.3, -0.25) is 4.79 Å². The fourth-order valence-electron chi connectivity index (χ4n) is 4.48. The van der Waals surface area contributed by atoms with E-state index in [1.165, 1.54) is 0 Å². The Kier molecular flexibility index (Phi) is 6.08. The molecule has 1 aliphatic rings. The highest BCUT2D eigenvalue weighted by Crippen LogP contribution is 2.34. The zero-order valence-electron chi connectivity index (χ0n) is 19.3. The summed E-state index contributed by atoms with van der Waals surface area (Å²) in [7, 11) is 3.27. The maximum absolute atomic E-state index is 12.9. The van der Waals surface area contributed by atoms with Crippen molar-refractivity contribution < 1.29 is 19.0 Å². The summed E-state index contributed by atoms with van der Waals surface area (Å²) in [4.78, 5) is 19.7. The molecule has 2 heterocycles. The lowest BCUT2D eigenvalue weighted by Crippen LogP contribution is -2.24. The number of fused-ring (bicyclic) bond motifs is 1. The van der Waals surface area contributed by atoms with Gasteiger partial charge in [-0.1, -0.05) is 18.2 Å². The van der Waals surface area contributed by atoms with Gasteiger partial charge in [-0.25, -0.2) is 4.98 Å². The Morgan fingerprint density at radius 3 is 2.47 bits per heavy atom. The molecule has 5 rings (SSSR count). The standard InChI is InChI=1S/C27H27N3O4/c1-32-21-12-10-20(11-13-21)30-18-19(16-26(30)31)27-28-24-8-3-4-9-25(24)29(27)14-15-34-23-7-5-6-22(17-23)33-2/h3-13,17,19H,14-16,18H2,1-2H3. The van der Waals surface area contributed by atoms with Gasteiger partial charge < -0.3 is 23.7 Å². The van der Waals surface area contributed by atoms with E-state index in [4.69, 9.17) is 19.2 Å². The number of para-hydroxylation sites is 2. The summed E-state index contributed by atoms with van der Waals surface area (Å²) in [6.45, 7) is 1.69. The molecule has 4 aromatic rings. The lowest BCUT2D eigenvalue weighted by molar-refractivity contribution is -0.117. The van der Waals surface area contributed by atoms with Crippen molar-refractivity contribution in [1.82, 2.24) is 9.55 Å². The number of rotatable bonds is 8. The Balaban J connectivity index is 1.37. The summed E-state index contributed by atoms with van der Waals surface area (Å²) >= 11 is 0. The molecular formula is C27H27N3O4. The van der Waals surface area contributed by atoms with Crippen molar-refractivity contribution in [3.8, 4) is 17.2 Å². The summed E-state index contributed by atoms with van der Waals surface area (Å²) < 4.78 is 18.7. The van der Waals surface area contributed by atoms with Gasteiger partial charge in [0.15, 0.2) is 0 Å². The third-order valence-electron chi connectivity index (χ3n) is 6.18. The summed E-state index contributed by atoms with van der Waals surface area (Å²) in [6.07, 6.45) is 0.423. The summed E-state index contributed by atoms with van der Waals surface area (Å²) in [5.41, 5.74) is 2.84. The fourth-order valence-corrected chi connectivity index (χ4v) is 4.48. The van der Waals surface area contributed by atoms with Crippen LogP contribution in [0.1, 0.15) is 18.2 Å². The second-order valence-corrected chi connectivity index (χ2v) is 8.24. The van der Waals surface area contributed by atoms with E-state index in [2.05, 4.69) is 10.6 Å². The van der Waals surface area contributed by atoms with Gasteiger partial charge in [-0.2, -0.15) is 0 Å². The van der Waals surface area contributed by atoms with Gasteiger partial charge in [0.25, 0.3) is 0 Å². The fraction of sp³-hybridized carbons (Fsp3) is 0.259. The molecule has 3 aromatic carbocycles. The zero-order chi connectivity index (χ0) is 23.5. The number of nitrogens with zero attached hydrogens (tertiary/aromatic N) is 3. The van der Waals surface area contributed by atoms with Gasteiger partial charge >= 0.3 is 0 Å².